The molecule has 1 aliphatic rings. The Morgan fingerprint density at radius 3 is 2.87 bits per heavy atom. The van der Waals surface area contributed by atoms with Crippen LogP contribution in [0.5, 0.6) is 0 Å². The number of piperidine rings is 1. The zero-order valence-electron chi connectivity index (χ0n) is 15.0. The van der Waals surface area contributed by atoms with E-state index in [1.807, 2.05) is 36.1 Å². The summed E-state index contributed by atoms with van der Waals surface area (Å²) in [6.45, 7) is 5.10. The Hall–Kier alpha value is -1.56. The van der Waals surface area contributed by atoms with E-state index in [-0.39, 0.29) is 6.03 Å². The normalized spacial score (nSPS) is 22.1. The van der Waals surface area contributed by atoms with Crippen molar-refractivity contribution in [3.8, 4) is 0 Å². The fourth-order valence-electron chi connectivity index (χ4n) is 3.44. The highest BCUT2D eigenvalue weighted by Crippen LogP contribution is 2.20. The molecule has 0 radical (unpaired) electrons. The SMILES string of the molecule is C[C@H]1CN(C)CC[C@@H]1N(C)C(=O)NCCCCc1cnn(C)c1. The molecule has 1 N–H and O–H groups in total. The van der Waals surface area contributed by atoms with Gasteiger partial charge in [0.2, 0.25) is 0 Å². The Bertz CT molecular complexity index is 501. The lowest BCUT2D eigenvalue weighted by atomic mass is 9.93. The maximum atomic E-state index is 12.3. The van der Waals surface area contributed by atoms with Crippen molar-refractivity contribution in [2.24, 2.45) is 13.0 Å². The van der Waals surface area contributed by atoms with Crippen LogP contribution in [0.2, 0.25) is 0 Å². The van der Waals surface area contributed by atoms with Crippen molar-refractivity contribution >= 4 is 6.03 Å². The predicted octanol–water partition coefficient (Wildman–Crippen LogP) is 1.72. The Labute approximate surface area is 139 Å². The number of aromatic nitrogens is 2. The van der Waals surface area contributed by atoms with Gasteiger partial charge in [0.1, 0.15) is 0 Å². The third kappa shape index (κ3) is 5.23. The molecule has 6 heteroatoms. The molecule has 2 rings (SSSR count). The highest BCUT2D eigenvalue weighted by atomic mass is 16.2. The largest absolute Gasteiger partial charge is 0.338 e. The van der Waals surface area contributed by atoms with Gasteiger partial charge < -0.3 is 15.1 Å². The van der Waals surface area contributed by atoms with Gasteiger partial charge in [0.15, 0.2) is 0 Å². The average Bonchev–Trinajstić information content (AvgIpc) is 2.91. The third-order valence-electron chi connectivity index (χ3n) is 4.81. The third-order valence-corrected chi connectivity index (χ3v) is 4.81. The number of urea groups is 1. The number of carbonyl (C=O) groups is 1. The molecule has 2 atom stereocenters. The van der Waals surface area contributed by atoms with Crippen LogP contribution in [0, 0.1) is 5.92 Å². The second kappa shape index (κ2) is 8.34. The van der Waals surface area contributed by atoms with E-state index in [2.05, 4.69) is 29.3 Å². The summed E-state index contributed by atoms with van der Waals surface area (Å²) >= 11 is 0. The molecule has 0 bridgehead atoms. The van der Waals surface area contributed by atoms with Crippen molar-refractivity contribution in [3.63, 3.8) is 0 Å². The van der Waals surface area contributed by atoms with Crippen molar-refractivity contribution < 1.29 is 4.79 Å². The number of hydrogen-bond acceptors (Lipinski definition) is 3. The first-order valence-electron chi connectivity index (χ1n) is 8.64. The number of hydrogen-bond donors (Lipinski definition) is 1. The van der Waals surface area contributed by atoms with Crippen LogP contribution in [-0.2, 0) is 13.5 Å². The lowest BCUT2D eigenvalue weighted by Crippen LogP contribution is -2.52. The number of nitrogens with zero attached hydrogens (tertiary/aromatic N) is 4. The minimum absolute atomic E-state index is 0.0628. The zero-order chi connectivity index (χ0) is 16.8. The van der Waals surface area contributed by atoms with Gasteiger partial charge >= 0.3 is 6.03 Å². The van der Waals surface area contributed by atoms with Crippen LogP contribution >= 0.6 is 0 Å². The van der Waals surface area contributed by atoms with Crippen LogP contribution in [0.4, 0.5) is 4.79 Å². The van der Waals surface area contributed by atoms with Crippen LogP contribution in [0.3, 0.4) is 0 Å². The number of rotatable bonds is 6. The minimum Gasteiger partial charge on any atom is -0.338 e. The minimum atomic E-state index is 0.0628. The first-order valence-corrected chi connectivity index (χ1v) is 8.64. The van der Waals surface area contributed by atoms with Crippen LogP contribution in [0.15, 0.2) is 12.4 Å². The quantitative estimate of drug-likeness (QED) is 0.812. The fraction of sp³-hybridized carbons (Fsp3) is 0.765. The summed E-state index contributed by atoms with van der Waals surface area (Å²) in [5, 5.41) is 7.22. The maximum Gasteiger partial charge on any atom is 0.317 e. The molecule has 0 spiro atoms. The zero-order valence-corrected chi connectivity index (χ0v) is 15.0. The van der Waals surface area contributed by atoms with E-state index in [4.69, 9.17) is 0 Å². The predicted molar refractivity (Wildman–Crippen MR) is 92.4 cm³/mol. The van der Waals surface area contributed by atoms with Crippen LogP contribution in [-0.4, -0.2) is 65.4 Å². The van der Waals surface area contributed by atoms with Crippen molar-refractivity contribution in [2.75, 3.05) is 33.7 Å². The standard InChI is InChI=1S/C17H31N5O/c1-14-12-20(2)10-8-16(14)22(4)17(23)18-9-6-5-7-15-11-19-21(3)13-15/h11,13-14,16H,5-10,12H2,1-4H3,(H,18,23)/t14-,16-/m0/s1. The second-order valence-corrected chi connectivity index (χ2v) is 6.92. The lowest BCUT2D eigenvalue weighted by Gasteiger charge is -2.39. The number of nitrogens with one attached hydrogen (secondary N) is 1. The summed E-state index contributed by atoms with van der Waals surface area (Å²) in [4.78, 5) is 16.5. The molecule has 2 amide bonds. The van der Waals surface area contributed by atoms with E-state index in [1.54, 1.807) is 0 Å². The van der Waals surface area contributed by atoms with Gasteiger partial charge in [-0.2, -0.15) is 5.10 Å². The Balaban J connectivity index is 1.64. The lowest BCUT2D eigenvalue weighted by molar-refractivity contribution is 0.107. The average molecular weight is 321 g/mol. The van der Waals surface area contributed by atoms with Crippen molar-refractivity contribution in [2.45, 2.75) is 38.6 Å². The van der Waals surface area contributed by atoms with E-state index in [0.29, 0.717) is 12.0 Å². The summed E-state index contributed by atoms with van der Waals surface area (Å²) in [6.07, 6.45) is 8.10. The van der Waals surface area contributed by atoms with Gasteiger partial charge in [-0.05, 0) is 50.8 Å². The number of aryl methyl sites for hydroxylation is 2. The molecular formula is C17H31N5O. The van der Waals surface area contributed by atoms with Gasteiger partial charge in [-0.15, -0.1) is 0 Å². The van der Waals surface area contributed by atoms with Crippen LogP contribution in [0.1, 0.15) is 31.7 Å². The van der Waals surface area contributed by atoms with Crippen LogP contribution in [0.25, 0.3) is 0 Å². The van der Waals surface area contributed by atoms with Gasteiger partial charge in [-0.1, -0.05) is 6.92 Å². The molecular weight excluding hydrogens is 290 g/mol. The number of carbonyl (C=O) groups excluding carboxylic acids is 1. The van der Waals surface area contributed by atoms with E-state index in [0.717, 1.165) is 45.3 Å². The molecule has 0 saturated carbocycles. The van der Waals surface area contributed by atoms with Crippen LogP contribution < -0.4 is 5.32 Å². The van der Waals surface area contributed by atoms with E-state index < -0.39 is 0 Å². The molecule has 0 aromatic carbocycles. The monoisotopic (exact) mass is 321 g/mol. The highest BCUT2D eigenvalue weighted by molar-refractivity contribution is 5.74. The molecule has 1 aromatic heterocycles. The summed E-state index contributed by atoms with van der Waals surface area (Å²) in [5.41, 5.74) is 1.26. The van der Waals surface area contributed by atoms with Gasteiger partial charge in [-0.3, -0.25) is 4.68 Å². The molecule has 6 nitrogen and oxygen atoms in total. The number of unbranched alkanes of at least 4 members (excludes halogenated alkanes) is 1. The molecule has 0 unspecified atom stereocenters. The Morgan fingerprint density at radius 1 is 1.43 bits per heavy atom. The van der Waals surface area contributed by atoms with Gasteiger partial charge in [-0.25, -0.2) is 4.79 Å². The molecule has 2 heterocycles. The number of amides is 2. The van der Waals surface area contributed by atoms with Gasteiger partial charge in [0.05, 0.1) is 6.20 Å². The van der Waals surface area contributed by atoms with Crippen molar-refractivity contribution in [1.29, 1.82) is 0 Å². The summed E-state index contributed by atoms with van der Waals surface area (Å²) in [5.74, 6) is 0.523. The van der Waals surface area contributed by atoms with E-state index in [1.165, 1.54) is 5.56 Å². The second-order valence-electron chi connectivity index (χ2n) is 6.92. The fourth-order valence-corrected chi connectivity index (χ4v) is 3.44. The Kier molecular flexibility index (Phi) is 6.45. The first kappa shape index (κ1) is 17.8. The topological polar surface area (TPSA) is 53.4 Å². The van der Waals surface area contributed by atoms with Gasteiger partial charge in [0, 0.05) is 39.4 Å². The molecule has 23 heavy (non-hydrogen) atoms. The summed E-state index contributed by atoms with van der Waals surface area (Å²) in [6, 6.07) is 0.411. The molecule has 1 aliphatic heterocycles. The summed E-state index contributed by atoms with van der Waals surface area (Å²) < 4.78 is 1.83. The first-order chi connectivity index (χ1) is 11.0. The van der Waals surface area contributed by atoms with E-state index >= 15 is 0 Å². The smallest absolute Gasteiger partial charge is 0.317 e. The molecule has 0 aliphatic carbocycles. The highest BCUT2D eigenvalue weighted by Gasteiger charge is 2.29. The maximum absolute atomic E-state index is 12.3. The molecule has 130 valence electrons. The molecule has 1 saturated heterocycles. The Morgan fingerprint density at radius 2 is 2.22 bits per heavy atom. The molecule has 1 aromatic rings. The van der Waals surface area contributed by atoms with Gasteiger partial charge in [0.25, 0.3) is 0 Å². The van der Waals surface area contributed by atoms with Crippen molar-refractivity contribution in [3.05, 3.63) is 18.0 Å². The van der Waals surface area contributed by atoms with Crippen molar-refractivity contribution in [1.82, 2.24) is 24.9 Å². The van der Waals surface area contributed by atoms with E-state index in [9.17, 15) is 4.79 Å². The number of likely N-dealkylation sites (tertiary alicyclic amines) is 1. The molecule has 1 fully saturated rings. The summed E-state index contributed by atoms with van der Waals surface area (Å²) in [7, 11) is 6.01.